The van der Waals surface area contributed by atoms with E-state index in [2.05, 4.69) is 13.8 Å². The summed E-state index contributed by atoms with van der Waals surface area (Å²) in [6.45, 7) is 7.93. The Bertz CT molecular complexity index is 1570. The molecule has 0 radical (unpaired) electrons. The number of halogens is 3. The number of hydrogen-bond donors (Lipinski definition) is 0. The third-order valence-corrected chi connectivity index (χ3v) is 7.70. The Kier molecular flexibility index (Phi) is 6.53. The average molecular weight is 509 g/mol. The maximum absolute atomic E-state index is 14.9. The summed E-state index contributed by atoms with van der Waals surface area (Å²) in [5.41, 5.74) is -0.528. The molecule has 0 fully saturated rings. The van der Waals surface area contributed by atoms with E-state index in [-0.39, 0.29) is 5.92 Å². The van der Waals surface area contributed by atoms with E-state index in [9.17, 15) is 34.2 Å². The molecule has 1 aromatic carbocycles. The number of nitriles is 4. The molecule has 4 rings (SSSR count). The molecule has 0 bridgehead atoms. The van der Waals surface area contributed by atoms with Crippen LogP contribution >= 0.6 is 0 Å². The molecule has 0 heterocycles. The van der Waals surface area contributed by atoms with Crippen molar-refractivity contribution < 1.29 is 13.2 Å². The largest absolute Gasteiger partial charge is 0.207 e. The van der Waals surface area contributed by atoms with E-state index in [1.54, 1.807) is 12.1 Å². The van der Waals surface area contributed by atoms with Crippen molar-refractivity contribution in [3.63, 3.8) is 0 Å². The Morgan fingerprint density at radius 1 is 0.737 bits per heavy atom. The van der Waals surface area contributed by atoms with Gasteiger partial charge in [0.05, 0.1) is 24.3 Å². The molecule has 1 aromatic rings. The van der Waals surface area contributed by atoms with Crippen LogP contribution in [0, 0.1) is 87.5 Å². The lowest BCUT2D eigenvalue weighted by atomic mass is 9.49. The van der Waals surface area contributed by atoms with E-state index in [1.165, 1.54) is 12.2 Å². The summed E-state index contributed by atoms with van der Waals surface area (Å²) >= 11 is 0. The molecule has 3 aliphatic carbocycles. The van der Waals surface area contributed by atoms with Crippen LogP contribution in [0.15, 0.2) is 48.6 Å². The first kappa shape index (κ1) is 26.5. The minimum Gasteiger partial charge on any atom is -0.207 e. The molecular formula is C31H23F3N4. The summed E-state index contributed by atoms with van der Waals surface area (Å²) in [4.78, 5) is 0. The van der Waals surface area contributed by atoms with Crippen LogP contribution in [0.25, 0.3) is 11.1 Å². The van der Waals surface area contributed by atoms with Gasteiger partial charge in [0.25, 0.3) is 0 Å². The number of rotatable bonds is 3. The Hall–Kier alpha value is -4.59. The summed E-state index contributed by atoms with van der Waals surface area (Å²) in [5.74, 6) is -6.26. The van der Waals surface area contributed by atoms with Gasteiger partial charge in [0.2, 0.25) is 0 Å². The monoisotopic (exact) mass is 508 g/mol. The number of aryl methyl sites for hydroxylation is 2. The highest BCUT2D eigenvalue weighted by Gasteiger charge is 2.65. The fourth-order valence-electron chi connectivity index (χ4n) is 5.67. The Morgan fingerprint density at radius 3 is 1.79 bits per heavy atom. The molecule has 2 atom stereocenters. The standard InChI is InChI=1S/C31H23F3N4/c1-17(2)20-6-5-18(3)28-22(10-20)19(4)9-23(28)24-7-8-25(29-26(33)11-21(32)12-27(29)34)31(15-37,16-38)30(24,13-35)14-36/h5-12,17,24-25H,1-4H3. The molecule has 0 N–H and O–H groups in total. The van der Waals surface area contributed by atoms with Crippen LogP contribution in [-0.2, 0) is 0 Å². The van der Waals surface area contributed by atoms with Crippen molar-refractivity contribution in [1.82, 2.24) is 0 Å². The quantitative estimate of drug-likeness (QED) is 0.343. The van der Waals surface area contributed by atoms with Gasteiger partial charge in [0.1, 0.15) is 17.5 Å². The van der Waals surface area contributed by atoms with Gasteiger partial charge in [-0.3, -0.25) is 0 Å². The molecule has 0 aromatic heterocycles. The Balaban J connectivity index is 2.07. The van der Waals surface area contributed by atoms with Crippen LogP contribution in [0.1, 0.15) is 59.4 Å². The van der Waals surface area contributed by atoms with E-state index in [0.29, 0.717) is 17.7 Å². The third-order valence-electron chi connectivity index (χ3n) is 7.70. The number of fused-ring (bicyclic) bond motifs is 1. The highest BCUT2D eigenvalue weighted by molar-refractivity contribution is 5.80. The summed E-state index contributed by atoms with van der Waals surface area (Å²) in [5, 5.41) is 41.7. The number of allylic oxidation sites excluding steroid dienone is 2. The Morgan fingerprint density at radius 2 is 1.26 bits per heavy atom. The molecule has 188 valence electrons. The number of benzene rings is 1. The third kappa shape index (κ3) is 3.55. The van der Waals surface area contributed by atoms with Crippen molar-refractivity contribution in [2.75, 3.05) is 0 Å². The van der Waals surface area contributed by atoms with Gasteiger partial charge in [0, 0.05) is 29.5 Å². The van der Waals surface area contributed by atoms with Gasteiger partial charge in [-0.05, 0) is 53.1 Å². The molecular weight excluding hydrogens is 485 g/mol. The SMILES string of the molecule is Cc1cc(C2C=CC(c3c(F)cc(F)cc3F)C(C#N)(C#N)C2(C#N)C#N)c2c(C)ccc(C(C)C)cc1-2. The van der Waals surface area contributed by atoms with Gasteiger partial charge in [-0.1, -0.05) is 50.3 Å². The highest BCUT2D eigenvalue weighted by atomic mass is 19.1. The van der Waals surface area contributed by atoms with Gasteiger partial charge < -0.3 is 0 Å². The minimum atomic E-state index is -2.51. The highest BCUT2D eigenvalue weighted by Crippen LogP contribution is 2.61. The van der Waals surface area contributed by atoms with E-state index < -0.39 is 45.7 Å². The number of nitrogens with zero attached hydrogens (tertiary/aromatic N) is 4. The molecule has 4 nitrogen and oxygen atoms in total. The lowest BCUT2D eigenvalue weighted by Gasteiger charge is -2.43. The van der Waals surface area contributed by atoms with Crippen molar-refractivity contribution in [1.29, 1.82) is 21.0 Å². The first-order chi connectivity index (χ1) is 18.0. The maximum Gasteiger partial charge on any atom is 0.186 e. The van der Waals surface area contributed by atoms with Crippen molar-refractivity contribution in [3.8, 4) is 35.4 Å². The van der Waals surface area contributed by atoms with Crippen molar-refractivity contribution in [2.45, 2.75) is 45.4 Å². The second-order valence-electron chi connectivity index (χ2n) is 10.1. The van der Waals surface area contributed by atoms with Crippen LogP contribution in [0.3, 0.4) is 0 Å². The predicted molar refractivity (Wildman–Crippen MR) is 135 cm³/mol. The molecule has 0 aliphatic heterocycles. The zero-order valence-corrected chi connectivity index (χ0v) is 21.3. The smallest absolute Gasteiger partial charge is 0.186 e. The fourth-order valence-corrected chi connectivity index (χ4v) is 5.67. The van der Waals surface area contributed by atoms with Gasteiger partial charge in [0.15, 0.2) is 10.8 Å². The first-order valence-electron chi connectivity index (χ1n) is 12.0. The minimum absolute atomic E-state index is 0.237. The average Bonchev–Trinajstić information content (AvgIpc) is 3.08. The van der Waals surface area contributed by atoms with Gasteiger partial charge in [-0.2, -0.15) is 21.0 Å². The first-order valence-corrected chi connectivity index (χ1v) is 12.0. The maximum atomic E-state index is 14.9. The normalized spacial score (nSPS) is 19.4. The van der Waals surface area contributed by atoms with Crippen molar-refractivity contribution in [3.05, 3.63) is 93.8 Å². The second kappa shape index (κ2) is 9.37. The van der Waals surface area contributed by atoms with Crippen LogP contribution in [0.2, 0.25) is 0 Å². The molecule has 0 amide bonds. The number of hydrogen-bond acceptors (Lipinski definition) is 4. The zero-order valence-electron chi connectivity index (χ0n) is 21.3. The molecule has 0 saturated carbocycles. The molecule has 3 aliphatic rings. The van der Waals surface area contributed by atoms with E-state index >= 15 is 0 Å². The van der Waals surface area contributed by atoms with Gasteiger partial charge in [-0.15, -0.1) is 0 Å². The molecule has 2 unspecified atom stereocenters. The summed E-state index contributed by atoms with van der Waals surface area (Å²) < 4.78 is 43.5. The molecule has 38 heavy (non-hydrogen) atoms. The zero-order chi connectivity index (χ0) is 28.0. The fraction of sp³-hybridized carbons (Fsp3) is 0.290. The topological polar surface area (TPSA) is 95.2 Å². The summed E-state index contributed by atoms with van der Waals surface area (Å²) in [6, 6.07) is 16.1. The van der Waals surface area contributed by atoms with Crippen molar-refractivity contribution >= 4 is 0 Å². The second-order valence-corrected chi connectivity index (χ2v) is 10.1. The van der Waals surface area contributed by atoms with Crippen LogP contribution in [0.4, 0.5) is 13.2 Å². The summed E-state index contributed by atoms with van der Waals surface area (Å²) in [6.07, 6.45) is 2.76. The predicted octanol–water partition coefficient (Wildman–Crippen LogP) is 7.45. The lowest BCUT2D eigenvalue weighted by molar-refractivity contribution is 0.225. The molecule has 0 saturated heterocycles. The summed E-state index contributed by atoms with van der Waals surface area (Å²) in [7, 11) is 0. The lowest BCUT2D eigenvalue weighted by Crippen LogP contribution is -2.48. The van der Waals surface area contributed by atoms with E-state index in [1.807, 2.05) is 50.3 Å². The van der Waals surface area contributed by atoms with E-state index in [4.69, 9.17) is 0 Å². The molecule has 7 heteroatoms. The van der Waals surface area contributed by atoms with Crippen LogP contribution in [0.5, 0.6) is 0 Å². The van der Waals surface area contributed by atoms with Gasteiger partial charge >= 0.3 is 0 Å². The Labute approximate surface area is 219 Å². The van der Waals surface area contributed by atoms with E-state index in [0.717, 1.165) is 27.8 Å². The van der Waals surface area contributed by atoms with Crippen molar-refractivity contribution in [2.24, 2.45) is 10.8 Å². The molecule has 0 spiro atoms. The van der Waals surface area contributed by atoms with Gasteiger partial charge in [-0.25, -0.2) is 13.2 Å². The van der Waals surface area contributed by atoms with Crippen LogP contribution in [-0.4, -0.2) is 0 Å². The van der Waals surface area contributed by atoms with Crippen LogP contribution < -0.4 is 0 Å².